The lowest BCUT2D eigenvalue weighted by atomic mass is 10.0. The van der Waals surface area contributed by atoms with Crippen LogP contribution in [0.4, 0.5) is 10.1 Å². The summed E-state index contributed by atoms with van der Waals surface area (Å²) < 4.78 is 64.3. The normalized spacial score (nSPS) is 22.2. The first-order chi connectivity index (χ1) is 17.7. The third-order valence-electron chi connectivity index (χ3n) is 6.68. The summed E-state index contributed by atoms with van der Waals surface area (Å²) in [7, 11) is -2.19. The molecule has 2 aliphatic rings. The van der Waals surface area contributed by atoms with Crippen molar-refractivity contribution < 1.29 is 36.2 Å². The van der Waals surface area contributed by atoms with Crippen molar-refractivity contribution in [3.63, 3.8) is 0 Å². The van der Waals surface area contributed by atoms with Gasteiger partial charge in [0.05, 0.1) is 49.5 Å². The Labute approximate surface area is 214 Å². The summed E-state index contributed by atoms with van der Waals surface area (Å²) in [6, 6.07) is 8.98. The van der Waals surface area contributed by atoms with E-state index in [1.54, 1.807) is 12.1 Å². The van der Waals surface area contributed by atoms with Crippen molar-refractivity contribution in [3.8, 4) is 11.3 Å². The minimum atomic E-state index is -3.70. The fourth-order valence-corrected chi connectivity index (χ4v) is 5.78. The van der Waals surface area contributed by atoms with Crippen molar-refractivity contribution in [1.29, 1.82) is 0 Å². The number of carbonyl (C=O) groups is 1. The van der Waals surface area contributed by atoms with E-state index < -0.39 is 28.0 Å². The molecule has 198 valence electrons. The number of anilines is 1. The zero-order valence-corrected chi connectivity index (χ0v) is 21.6. The Bertz CT molecular complexity index is 1410. The number of carbonyl (C=O) groups excluding carboxylic acids is 1. The van der Waals surface area contributed by atoms with Crippen LogP contribution in [0.25, 0.3) is 22.3 Å². The number of amides is 1. The number of halogens is 1. The van der Waals surface area contributed by atoms with Gasteiger partial charge in [-0.05, 0) is 43.7 Å². The fourth-order valence-electron chi connectivity index (χ4n) is 4.83. The van der Waals surface area contributed by atoms with Crippen LogP contribution in [0.1, 0.15) is 35.4 Å². The van der Waals surface area contributed by atoms with E-state index in [1.807, 2.05) is 6.92 Å². The van der Waals surface area contributed by atoms with E-state index >= 15 is 0 Å². The van der Waals surface area contributed by atoms with Gasteiger partial charge >= 0.3 is 0 Å². The molecule has 1 aromatic heterocycles. The molecule has 0 saturated carbocycles. The molecular weight excluding hydrogens is 503 g/mol. The zero-order chi connectivity index (χ0) is 26.3. The molecule has 1 amide bonds. The molecule has 2 aliphatic heterocycles. The standard InChI is InChI=1S/C26H29FN2O7S/c1-15-20-10-21-23(36-25(24(21)26(30)28-2)16-4-6-17(27)7-5-16)11-22(20)29(37(3,31)32)12-19(35-15)14-34-18-8-9-33-13-18/h4-7,10-11,15,18-19H,8-9,12-14H2,1-3H3,(H,28,30)/t15-,18+,19-/m0/s1. The van der Waals surface area contributed by atoms with Crippen molar-refractivity contribution in [2.45, 2.75) is 31.7 Å². The molecule has 0 aliphatic carbocycles. The molecule has 5 rings (SSSR count). The van der Waals surface area contributed by atoms with Crippen molar-refractivity contribution in [2.24, 2.45) is 0 Å². The van der Waals surface area contributed by atoms with E-state index in [0.29, 0.717) is 41.0 Å². The first kappa shape index (κ1) is 25.7. The highest BCUT2D eigenvalue weighted by atomic mass is 32.2. The Morgan fingerprint density at radius 3 is 2.65 bits per heavy atom. The molecule has 11 heteroatoms. The van der Waals surface area contributed by atoms with Gasteiger partial charge < -0.3 is 23.9 Å². The van der Waals surface area contributed by atoms with E-state index in [1.165, 1.54) is 35.6 Å². The molecule has 0 bridgehead atoms. The Morgan fingerprint density at radius 1 is 1.24 bits per heavy atom. The summed E-state index contributed by atoms with van der Waals surface area (Å²) in [6.07, 6.45) is 0.867. The Hall–Kier alpha value is -2.99. The predicted octanol–water partition coefficient (Wildman–Crippen LogP) is 3.63. The second-order valence-electron chi connectivity index (χ2n) is 9.31. The summed E-state index contributed by atoms with van der Waals surface area (Å²) in [6.45, 7) is 3.26. The first-order valence-electron chi connectivity index (χ1n) is 12.1. The number of hydrogen-bond donors (Lipinski definition) is 1. The van der Waals surface area contributed by atoms with E-state index in [-0.39, 0.29) is 36.5 Å². The summed E-state index contributed by atoms with van der Waals surface area (Å²) in [5.74, 6) is -0.536. The number of nitrogens with zero attached hydrogens (tertiary/aromatic N) is 1. The minimum absolute atomic E-state index is 0.0430. The second kappa shape index (κ2) is 10.1. The topological polar surface area (TPSA) is 107 Å². The number of benzene rings is 2. The molecule has 3 heterocycles. The number of nitrogens with one attached hydrogen (secondary N) is 1. The Kier molecular flexibility index (Phi) is 6.97. The minimum Gasteiger partial charge on any atom is -0.455 e. The molecule has 1 saturated heterocycles. The van der Waals surface area contributed by atoms with Crippen molar-refractivity contribution >= 4 is 32.6 Å². The smallest absolute Gasteiger partial charge is 0.255 e. The van der Waals surface area contributed by atoms with E-state index in [0.717, 1.165) is 12.7 Å². The van der Waals surface area contributed by atoms with Gasteiger partial charge in [0.25, 0.3) is 5.91 Å². The van der Waals surface area contributed by atoms with Gasteiger partial charge in [-0.15, -0.1) is 0 Å². The Balaban J connectivity index is 1.60. The van der Waals surface area contributed by atoms with Crippen LogP contribution in [0, 0.1) is 5.82 Å². The molecule has 2 aromatic carbocycles. The molecule has 37 heavy (non-hydrogen) atoms. The van der Waals surface area contributed by atoms with Gasteiger partial charge in [-0.3, -0.25) is 9.10 Å². The lowest BCUT2D eigenvalue weighted by Gasteiger charge is -2.25. The van der Waals surface area contributed by atoms with Crippen LogP contribution in [0.2, 0.25) is 0 Å². The number of fused-ring (bicyclic) bond motifs is 2. The largest absolute Gasteiger partial charge is 0.455 e. The zero-order valence-electron chi connectivity index (χ0n) is 20.8. The molecule has 0 radical (unpaired) electrons. The van der Waals surface area contributed by atoms with Crippen LogP contribution in [0.5, 0.6) is 0 Å². The van der Waals surface area contributed by atoms with Crippen molar-refractivity contribution in [3.05, 3.63) is 53.3 Å². The molecule has 0 unspecified atom stereocenters. The Morgan fingerprint density at radius 2 is 2.00 bits per heavy atom. The van der Waals surface area contributed by atoms with Gasteiger partial charge in [0.2, 0.25) is 10.0 Å². The lowest BCUT2D eigenvalue weighted by Crippen LogP contribution is -2.39. The average molecular weight is 533 g/mol. The summed E-state index contributed by atoms with van der Waals surface area (Å²) in [4.78, 5) is 12.9. The fraction of sp³-hybridized carbons (Fsp3) is 0.423. The van der Waals surface area contributed by atoms with Crippen LogP contribution in [-0.2, 0) is 24.2 Å². The van der Waals surface area contributed by atoms with Crippen molar-refractivity contribution in [2.75, 3.05) is 44.0 Å². The summed E-state index contributed by atoms with van der Waals surface area (Å²) >= 11 is 0. The molecular formula is C26H29FN2O7S. The van der Waals surface area contributed by atoms with Crippen molar-refractivity contribution in [1.82, 2.24) is 5.32 Å². The molecule has 0 spiro atoms. The van der Waals surface area contributed by atoms with Crippen LogP contribution < -0.4 is 9.62 Å². The maximum Gasteiger partial charge on any atom is 0.255 e. The molecule has 1 N–H and O–H groups in total. The van der Waals surface area contributed by atoms with Crippen LogP contribution in [0.15, 0.2) is 40.8 Å². The monoisotopic (exact) mass is 532 g/mol. The van der Waals surface area contributed by atoms with Crippen LogP contribution in [-0.4, -0.2) is 66.2 Å². The third kappa shape index (κ3) is 5.08. The number of hydrogen-bond acceptors (Lipinski definition) is 7. The first-order valence-corrected chi connectivity index (χ1v) is 13.9. The maximum absolute atomic E-state index is 13.5. The van der Waals surface area contributed by atoms with E-state index in [2.05, 4.69) is 5.32 Å². The molecule has 1 fully saturated rings. The van der Waals surface area contributed by atoms with Crippen LogP contribution >= 0.6 is 0 Å². The SMILES string of the molecule is CNC(=O)c1c(-c2ccc(F)cc2)oc2cc3c(cc12)[C@H](C)O[C@H](CO[C@@H]1CCOC1)CN3S(C)(=O)=O. The van der Waals surface area contributed by atoms with E-state index in [9.17, 15) is 17.6 Å². The van der Waals surface area contributed by atoms with Crippen LogP contribution in [0.3, 0.4) is 0 Å². The summed E-state index contributed by atoms with van der Waals surface area (Å²) in [5.41, 5.74) is 2.13. The number of ether oxygens (including phenoxy) is 3. The van der Waals surface area contributed by atoms with Gasteiger partial charge in [0.1, 0.15) is 23.3 Å². The van der Waals surface area contributed by atoms with Gasteiger partial charge in [-0.2, -0.15) is 0 Å². The molecule has 9 nitrogen and oxygen atoms in total. The lowest BCUT2D eigenvalue weighted by molar-refractivity contribution is -0.0645. The molecule has 3 aromatic rings. The predicted molar refractivity (Wildman–Crippen MR) is 136 cm³/mol. The highest BCUT2D eigenvalue weighted by molar-refractivity contribution is 7.92. The summed E-state index contributed by atoms with van der Waals surface area (Å²) in [5, 5.41) is 3.13. The number of sulfonamides is 1. The highest BCUT2D eigenvalue weighted by Crippen LogP contribution is 2.42. The second-order valence-corrected chi connectivity index (χ2v) is 11.2. The van der Waals surface area contributed by atoms with E-state index in [4.69, 9.17) is 18.6 Å². The quantitative estimate of drug-likeness (QED) is 0.517. The van der Waals surface area contributed by atoms with Gasteiger partial charge in [0, 0.05) is 36.2 Å². The number of furan rings is 1. The van der Waals surface area contributed by atoms with Gasteiger partial charge in [-0.1, -0.05) is 0 Å². The van der Waals surface area contributed by atoms with Gasteiger partial charge in [-0.25, -0.2) is 12.8 Å². The van der Waals surface area contributed by atoms with Gasteiger partial charge in [0.15, 0.2) is 0 Å². The maximum atomic E-state index is 13.5. The number of rotatable bonds is 6. The third-order valence-corrected chi connectivity index (χ3v) is 7.82. The molecule has 3 atom stereocenters. The highest BCUT2D eigenvalue weighted by Gasteiger charge is 2.34. The average Bonchev–Trinajstić information content (AvgIpc) is 3.48.